The summed E-state index contributed by atoms with van der Waals surface area (Å²) in [7, 11) is -3.49. The number of thiophene rings is 1. The molecule has 0 unspecified atom stereocenters. The Labute approximate surface area is 122 Å². The monoisotopic (exact) mass is 306 g/mol. The van der Waals surface area contributed by atoms with Gasteiger partial charge in [-0.1, -0.05) is 11.8 Å². The highest BCUT2D eigenvalue weighted by atomic mass is 32.2. The van der Waals surface area contributed by atoms with E-state index >= 15 is 0 Å². The second-order valence-corrected chi connectivity index (χ2v) is 6.53. The zero-order valence-corrected chi connectivity index (χ0v) is 12.3. The van der Waals surface area contributed by atoms with Gasteiger partial charge in [0.15, 0.2) is 0 Å². The molecule has 6 heteroatoms. The Kier molecular flexibility index (Phi) is 4.93. The van der Waals surface area contributed by atoms with Gasteiger partial charge in [-0.25, -0.2) is 13.1 Å². The van der Waals surface area contributed by atoms with E-state index < -0.39 is 10.0 Å². The minimum absolute atomic E-state index is 0.228. The largest absolute Gasteiger partial charge is 0.320 e. The zero-order chi connectivity index (χ0) is 14.4. The van der Waals surface area contributed by atoms with Crippen molar-refractivity contribution < 1.29 is 8.42 Å². The number of nitrogens with one attached hydrogen (secondary N) is 1. The van der Waals surface area contributed by atoms with E-state index in [-0.39, 0.29) is 11.4 Å². The topological polar surface area (TPSA) is 72.2 Å². The molecule has 0 atom stereocenters. The summed E-state index contributed by atoms with van der Waals surface area (Å²) in [6.07, 6.45) is 0. The fourth-order valence-electron chi connectivity index (χ4n) is 1.53. The summed E-state index contributed by atoms with van der Waals surface area (Å²) in [5.74, 6) is 5.57. The Morgan fingerprint density at radius 2 is 1.95 bits per heavy atom. The molecule has 0 saturated carbocycles. The van der Waals surface area contributed by atoms with Crippen LogP contribution in [0.15, 0.2) is 46.0 Å². The number of rotatable bonds is 4. The Balaban J connectivity index is 2.09. The van der Waals surface area contributed by atoms with Crippen LogP contribution >= 0.6 is 11.3 Å². The fourth-order valence-corrected chi connectivity index (χ4v) is 3.21. The first kappa shape index (κ1) is 14.8. The van der Waals surface area contributed by atoms with Crippen molar-refractivity contribution in [2.45, 2.75) is 11.4 Å². The zero-order valence-electron chi connectivity index (χ0n) is 10.7. The molecule has 4 nitrogen and oxygen atoms in total. The maximum absolute atomic E-state index is 12.1. The van der Waals surface area contributed by atoms with Crippen LogP contribution in [0.2, 0.25) is 0 Å². The molecular formula is C14H14N2O2S2. The smallest absolute Gasteiger partial charge is 0.240 e. The van der Waals surface area contributed by atoms with E-state index in [2.05, 4.69) is 16.6 Å². The third-order valence-electron chi connectivity index (χ3n) is 2.55. The standard InChI is InChI=1S/C14H14N2O2S2/c15-8-1-2-12-3-5-14(6-4-12)20(17,18)16-10-13-7-9-19-11-13/h3-7,9,11,16H,8,10,15H2. The molecule has 0 aliphatic carbocycles. The highest BCUT2D eigenvalue weighted by Gasteiger charge is 2.13. The second kappa shape index (κ2) is 6.68. The van der Waals surface area contributed by atoms with Gasteiger partial charge < -0.3 is 5.73 Å². The number of hydrogen-bond acceptors (Lipinski definition) is 4. The van der Waals surface area contributed by atoms with Crippen LogP contribution in [-0.4, -0.2) is 15.0 Å². The Bertz CT molecular complexity index is 709. The van der Waals surface area contributed by atoms with Gasteiger partial charge in [0.2, 0.25) is 10.0 Å². The maximum Gasteiger partial charge on any atom is 0.240 e. The molecular weight excluding hydrogens is 292 g/mol. The highest BCUT2D eigenvalue weighted by Crippen LogP contribution is 2.12. The number of sulfonamides is 1. The first-order chi connectivity index (χ1) is 9.62. The van der Waals surface area contributed by atoms with Gasteiger partial charge in [0, 0.05) is 12.1 Å². The van der Waals surface area contributed by atoms with Crippen molar-refractivity contribution in [3.63, 3.8) is 0 Å². The molecule has 1 aromatic carbocycles. The second-order valence-electron chi connectivity index (χ2n) is 3.99. The van der Waals surface area contributed by atoms with Gasteiger partial charge >= 0.3 is 0 Å². The van der Waals surface area contributed by atoms with Crippen LogP contribution in [0.3, 0.4) is 0 Å². The van der Waals surface area contributed by atoms with Crippen LogP contribution in [0.5, 0.6) is 0 Å². The first-order valence-electron chi connectivity index (χ1n) is 5.91. The normalized spacial score (nSPS) is 10.8. The molecule has 20 heavy (non-hydrogen) atoms. The summed E-state index contributed by atoms with van der Waals surface area (Å²) in [6, 6.07) is 8.30. The Morgan fingerprint density at radius 3 is 2.55 bits per heavy atom. The molecule has 0 aliphatic rings. The predicted molar refractivity (Wildman–Crippen MR) is 80.7 cm³/mol. The minimum Gasteiger partial charge on any atom is -0.320 e. The third kappa shape index (κ3) is 3.92. The lowest BCUT2D eigenvalue weighted by Gasteiger charge is -2.05. The third-order valence-corrected chi connectivity index (χ3v) is 4.70. The van der Waals surface area contributed by atoms with Crippen molar-refractivity contribution in [2.75, 3.05) is 6.54 Å². The van der Waals surface area contributed by atoms with Crippen molar-refractivity contribution in [3.05, 3.63) is 52.2 Å². The van der Waals surface area contributed by atoms with E-state index in [1.54, 1.807) is 12.1 Å². The van der Waals surface area contributed by atoms with Crippen molar-refractivity contribution >= 4 is 21.4 Å². The van der Waals surface area contributed by atoms with Crippen molar-refractivity contribution in [1.82, 2.24) is 4.72 Å². The lowest BCUT2D eigenvalue weighted by atomic mass is 10.2. The molecule has 1 heterocycles. The van der Waals surface area contributed by atoms with E-state index in [1.165, 1.54) is 23.5 Å². The maximum atomic E-state index is 12.1. The summed E-state index contributed by atoms with van der Waals surface area (Å²) in [4.78, 5) is 0.228. The summed E-state index contributed by atoms with van der Waals surface area (Å²) in [5, 5.41) is 3.82. The van der Waals surface area contributed by atoms with Crippen LogP contribution in [0.1, 0.15) is 11.1 Å². The molecule has 0 radical (unpaired) electrons. The summed E-state index contributed by atoms with van der Waals surface area (Å²) in [5.41, 5.74) is 6.97. The summed E-state index contributed by atoms with van der Waals surface area (Å²) < 4.78 is 26.7. The highest BCUT2D eigenvalue weighted by molar-refractivity contribution is 7.89. The van der Waals surface area contributed by atoms with Gasteiger partial charge in [-0.3, -0.25) is 0 Å². The average Bonchev–Trinajstić information content (AvgIpc) is 2.97. The van der Waals surface area contributed by atoms with Crippen LogP contribution in [0, 0.1) is 11.8 Å². The Hall–Kier alpha value is -1.65. The van der Waals surface area contributed by atoms with Gasteiger partial charge in [-0.15, -0.1) is 0 Å². The SMILES string of the molecule is NCC#Cc1ccc(S(=O)(=O)NCc2ccsc2)cc1. The van der Waals surface area contributed by atoms with E-state index in [0.29, 0.717) is 6.54 Å². The van der Waals surface area contributed by atoms with Crippen molar-refractivity contribution in [2.24, 2.45) is 5.73 Å². The molecule has 0 bridgehead atoms. The quantitative estimate of drug-likeness (QED) is 0.842. The molecule has 0 saturated heterocycles. The molecule has 0 spiro atoms. The lowest BCUT2D eigenvalue weighted by molar-refractivity contribution is 0.581. The predicted octanol–water partition coefficient (Wildman–Crippen LogP) is 1.54. The van der Waals surface area contributed by atoms with Gasteiger partial charge in [0.05, 0.1) is 11.4 Å². The molecule has 0 aliphatic heterocycles. The fraction of sp³-hybridized carbons (Fsp3) is 0.143. The molecule has 104 valence electrons. The first-order valence-corrected chi connectivity index (χ1v) is 8.34. The summed E-state index contributed by atoms with van der Waals surface area (Å²) >= 11 is 1.54. The molecule has 0 fully saturated rings. The van der Waals surface area contributed by atoms with Gasteiger partial charge in [-0.2, -0.15) is 11.3 Å². The number of hydrogen-bond donors (Lipinski definition) is 2. The number of nitrogens with two attached hydrogens (primary N) is 1. The van der Waals surface area contributed by atoms with E-state index in [9.17, 15) is 8.42 Å². The lowest BCUT2D eigenvalue weighted by Crippen LogP contribution is -2.22. The average molecular weight is 306 g/mol. The van der Waals surface area contributed by atoms with Crippen molar-refractivity contribution in [3.8, 4) is 11.8 Å². The Morgan fingerprint density at radius 1 is 1.20 bits per heavy atom. The molecule has 1 aromatic heterocycles. The molecule has 0 amide bonds. The van der Waals surface area contributed by atoms with Crippen LogP contribution in [0.4, 0.5) is 0 Å². The van der Waals surface area contributed by atoms with Crippen LogP contribution in [0.25, 0.3) is 0 Å². The minimum atomic E-state index is -3.49. The number of benzene rings is 1. The molecule has 2 aromatic rings. The van der Waals surface area contributed by atoms with E-state index in [1.807, 2.05) is 16.8 Å². The van der Waals surface area contributed by atoms with E-state index in [0.717, 1.165) is 11.1 Å². The van der Waals surface area contributed by atoms with E-state index in [4.69, 9.17) is 5.73 Å². The molecule has 3 N–H and O–H groups in total. The van der Waals surface area contributed by atoms with Gasteiger partial charge in [0.1, 0.15) is 0 Å². The van der Waals surface area contributed by atoms with Gasteiger partial charge in [0.25, 0.3) is 0 Å². The summed E-state index contributed by atoms with van der Waals surface area (Å²) in [6.45, 7) is 0.572. The molecule has 2 rings (SSSR count). The van der Waals surface area contributed by atoms with Crippen LogP contribution < -0.4 is 10.5 Å². The van der Waals surface area contributed by atoms with Gasteiger partial charge in [-0.05, 0) is 46.7 Å². The van der Waals surface area contributed by atoms with Crippen molar-refractivity contribution in [1.29, 1.82) is 0 Å². The van der Waals surface area contributed by atoms with Crippen LogP contribution in [-0.2, 0) is 16.6 Å².